The Morgan fingerprint density at radius 1 is 1.27 bits per heavy atom. The Bertz CT molecular complexity index is 562. The number of rotatable bonds is 2. The average Bonchev–Trinajstić information content (AvgIpc) is 2.69. The first-order valence-electron chi connectivity index (χ1n) is 4.09. The molecule has 0 radical (unpaired) electrons. The normalized spacial score (nSPS) is 11.5. The number of hydrogen-bond donors (Lipinski definition) is 1. The number of benzene rings is 1. The first kappa shape index (κ1) is 10.3. The lowest BCUT2D eigenvalue weighted by atomic mass is 10.2. The molecule has 78 valence electrons. The minimum Gasteiger partial charge on any atom is -0.245 e. The van der Waals surface area contributed by atoms with Crippen LogP contribution in [-0.2, 0) is 10.0 Å². The molecule has 0 aliphatic rings. The van der Waals surface area contributed by atoms with E-state index in [1.807, 2.05) is 0 Å². The first-order valence-corrected chi connectivity index (χ1v) is 6.58. The molecule has 2 aromatic rings. The summed E-state index contributed by atoms with van der Waals surface area (Å²) in [4.78, 5) is 4.17. The van der Waals surface area contributed by atoms with Crippen LogP contribution in [0.4, 0.5) is 0 Å². The summed E-state index contributed by atoms with van der Waals surface area (Å²) in [5.74, 6) is 0. The minimum atomic E-state index is -3.69. The van der Waals surface area contributed by atoms with Crippen LogP contribution >= 0.6 is 11.3 Å². The van der Waals surface area contributed by atoms with Crippen LogP contribution in [0.15, 0.2) is 40.1 Å². The molecule has 1 aromatic carbocycles. The summed E-state index contributed by atoms with van der Waals surface area (Å²) in [5.41, 5.74) is 2.82. The third kappa shape index (κ3) is 2.06. The predicted molar refractivity (Wildman–Crippen MR) is 58.9 cm³/mol. The van der Waals surface area contributed by atoms with Gasteiger partial charge in [-0.15, -0.1) is 11.3 Å². The predicted octanol–water partition coefficient (Wildman–Crippen LogP) is 1.46. The van der Waals surface area contributed by atoms with Crippen molar-refractivity contribution < 1.29 is 8.42 Å². The van der Waals surface area contributed by atoms with Crippen molar-refractivity contribution in [2.45, 2.75) is 4.90 Å². The maximum atomic E-state index is 11.3. The molecule has 2 N–H and O–H groups in total. The SMILES string of the molecule is NS(=O)(=O)c1ccccc1-c1cscn1. The highest BCUT2D eigenvalue weighted by Crippen LogP contribution is 2.25. The third-order valence-corrected chi connectivity index (χ3v) is 3.46. The van der Waals surface area contributed by atoms with Crippen molar-refractivity contribution in [3.8, 4) is 11.3 Å². The Hall–Kier alpha value is -1.24. The first-order chi connectivity index (χ1) is 7.09. The molecule has 0 spiro atoms. The molecule has 2 rings (SSSR count). The Morgan fingerprint density at radius 2 is 2.00 bits per heavy atom. The quantitative estimate of drug-likeness (QED) is 0.863. The minimum absolute atomic E-state index is 0.107. The molecule has 0 unspecified atom stereocenters. The van der Waals surface area contributed by atoms with Gasteiger partial charge in [0.25, 0.3) is 0 Å². The zero-order valence-corrected chi connectivity index (χ0v) is 9.25. The zero-order chi connectivity index (χ0) is 10.9. The van der Waals surface area contributed by atoms with Crippen LogP contribution in [0.2, 0.25) is 0 Å². The van der Waals surface area contributed by atoms with Crippen LogP contribution in [0, 0.1) is 0 Å². The lowest BCUT2D eigenvalue weighted by molar-refractivity contribution is 0.598. The summed E-state index contributed by atoms with van der Waals surface area (Å²) in [6.45, 7) is 0. The Morgan fingerprint density at radius 3 is 2.60 bits per heavy atom. The highest BCUT2D eigenvalue weighted by molar-refractivity contribution is 7.89. The van der Waals surface area contributed by atoms with Crippen molar-refractivity contribution in [1.29, 1.82) is 0 Å². The van der Waals surface area contributed by atoms with Gasteiger partial charge in [-0.05, 0) is 6.07 Å². The zero-order valence-electron chi connectivity index (χ0n) is 7.62. The van der Waals surface area contributed by atoms with Gasteiger partial charge in [-0.1, -0.05) is 18.2 Å². The van der Waals surface area contributed by atoms with E-state index in [1.54, 1.807) is 29.1 Å². The van der Waals surface area contributed by atoms with Crippen LogP contribution in [0.25, 0.3) is 11.3 Å². The molecular weight excluding hydrogens is 232 g/mol. The van der Waals surface area contributed by atoms with E-state index in [0.29, 0.717) is 11.3 Å². The molecule has 0 amide bonds. The Labute approximate surface area is 91.4 Å². The van der Waals surface area contributed by atoms with Gasteiger partial charge in [-0.2, -0.15) is 0 Å². The summed E-state index contributed by atoms with van der Waals surface area (Å²) in [7, 11) is -3.69. The molecule has 0 atom stereocenters. The lowest BCUT2D eigenvalue weighted by Crippen LogP contribution is -2.13. The van der Waals surface area contributed by atoms with E-state index in [-0.39, 0.29) is 4.90 Å². The van der Waals surface area contributed by atoms with E-state index in [4.69, 9.17) is 5.14 Å². The van der Waals surface area contributed by atoms with Gasteiger partial charge in [0.1, 0.15) is 0 Å². The monoisotopic (exact) mass is 240 g/mol. The molecule has 0 fully saturated rings. The van der Waals surface area contributed by atoms with Gasteiger partial charge in [0.2, 0.25) is 10.0 Å². The van der Waals surface area contributed by atoms with Crippen molar-refractivity contribution in [1.82, 2.24) is 4.98 Å². The van der Waals surface area contributed by atoms with Gasteiger partial charge in [0, 0.05) is 10.9 Å². The standard InChI is InChI=1S/C9H8N2O2S2/c10-15(12,13)9-4-2-1-3-7(9)8-5-14-6-11-8/h1-6H,(H2,10,12,13). The van der Waals surface area contributed by atoms with Crippen LogP contribution < -0.4 is 5.14 Å². The van der Waals surface area contributed by atoms with Crippen molar-refractivity contribution in [2.24, 2.45) is 5.14 Å². The second kappa shape index (κ2) is 3.73. The maximum absolute atomic E-state index is 11.3. The molecule has 0 bridgehead atoms. The van der Waals surface area contributed by atoms with E-state index in [9.17, 15) is 8.42 Å². The maximum Gasteiger partial charge on any atom is 0.238 e. The average molecular weight is 240 g/mol. The van der Waals surface area contributed by atoms with Crippen LogP contribution in [0.5, 0.6) is 0 Å². The summed E-state index contributed by atoms with van der Waals surface area (Å²) in [6.07, 6.45) is 0. The number of sulfonamides is 1. The summed E-state index contributed by atoms with van der Waals surface area (Å²) < 4.78 is 22.6. The van der Waals surface area contributed by atoms with E-state index >= 15 is 0 Å². The van der Waals surface area contributed by atoms with Crippen molar-refractivity contribution in [3.63, 3.8) is 0 Å². The highest BCUT2D eigenvalue weighted by Gasteiger charge is 2.15. The van der Waals surface area contributed by atoms with Gasteiger partial charge >= 0.3 is 0 Å². The molecule has 15 heavy (non-hydrogen) atoms. The molecule has 6 heteroatoms. The van der Waals surface area contributed by atoms with Crippen LogP contribution in [0.1, 0.15) is 0 Å². The second-order valence-electron chi connectivity index (χ2n) is 2.91. The van der Waals surface area contributed by atoms with Gasteiger partial charge in [0.15, 0.2) is 0 Å². The number of aromatic nitrogens is 1. The smallest absolute Gasteiger partial charge is 0.238 e. The summed E-state index contributed by atoms with van der Waals surface area (Å²) in [6, 6.07) is 6.55. The number of thiazole rings is 1. The van der Waals surface area contributed by atoms with Crippen molar-refractivity contribution in [2.75, 3.05) is 0 Å². The van der Waals surface area contributed by atoms with Gasteiger partial charge in [0.05, 0.1) is 16.1 Å². The van der Waals surface area contributed by atoms with Gasteiger partial charge in [-0.3, -0.25) is 0 Å². The Kier molecular flexibility index (Phi) is 2.56. The third-order valence-electron chi connectivity index (χ3n) is 1.90. The second-order valence-corrected chi connectivity index (χ2v) is 5.16. The molecule has 1 aromatic heterocycles. The lowest BCUT2D eigenvalue weighted by Gasteiger charge is -2.03. The van der Waals surface area contributed by atoms with Crippen molar-refractivity contribution >= 4 is 21.4 Å². The fraction of sp³-hybridized carbons (Fsp3) is 0. The molecule has 0 aliphatic heterocycles. The topological polar surface area (TPSA) is 73.1 Å². The van der Waals surface area contributed by atoms with E-state index < -0.39 is 10.0 Å². The largest absolute Gasteiger partial charge is 0.245 e. The molecular formula is C9H8N2O2S2. The van der Waals surface area contributed by atoms with E-state index in [0.717, 1.165) is 0 Å². The van der Waals surface area contributed by atoms with Crippen LogP contribution in [0.3, 0.4) is 0 Å². The molecule has 0 aliphatic carbocycles. The summed E-state index contributed by atoms with van der Waals surface area (Å²) in [5, 5.41) is 6.89. The molecule has 0 saturated heterocycles. The number of nitrogens with two attached hydrogens (primary N) is 1. The number of primary sulfonamides is 1. The highest BCUT2D eigenvalue weighted by atomic mass is 32.2. The number of hydrogen-bond acceptors (Lipinski definition) is 4. The number of nitrogens with zero attached hydrogens (tertiary/aromatic N) is 1. The van der Waals surface area contributed by atoms with E-state index in [2.05, 4.69) is 4.98 Å². The fourth-order valence-electron chi connectivity index (χ4n) is 1.27. The van der Waals surface area contributed by atoms with E-state index in [1.165, 1.54) is 17.4 Å². The van der Waals surface area contributed by atoms with Crippen LogP contribution in [-0.4, -0.2) is 13.4 Å². The molecule has 0 saturated carbocycles. The Balaban J connectivity index is 2.68. The fourth-order valence-corrected chi connectivity index (χ4v) is 2.57. The van der Waals surface area contributed by atoms with Gasteiger partial charge in [-0.25, -0.2) is 18.5 Å². The summed E-state index contributed by atoms with van der Waals surface area (Å²) >= 11 is 1.41. The van der Waals surface area contributed by atoms with Crippen molar-refractivity contribution in [3.05, 3.63) is 35.2 Å². The molecule has 4 nitrogen and oxygen atoms in total. The molecule has 1 heterocycles. The van der Waals surface area contributed by atoms with Gasteiger partial charge < -0.3 is 0 Å².